The fraction of sp³-hybridized carbons (Fsp3) is 0.576. The van der Waals surface area contributed by atoms with Gasteiger partial charge in [-0.05, 0) is 71.5 Å². The minimum Gasteiger partial charge on any atom is -0.363 e. The molecule has 1 saturated heterocycles. The highest BCUT2D eigenvalue weighted by molar-refractivity contribution is 5.87. The number of nitrogens with one attached hydrogen (secondary N) is 1. The summed E-state index contributed by atoms with van der Waals surface area (Å²) in [6.07, 6.45) is 4.28. The second-order valence-corrected chi connectivity index (χ2v) is 12.8. The molecular formula is C33H38F4N6O. The molecule has 7 nitrogen and oxygen atoms in total. The number of benzene rings is 1. The van der Waals surface area contributed by atoms with Gasteiger partial charge in [-0.15, -0.1) is 0 Å². The molecule has 0 radical (unpaired) electrons. The van der Waals surface area contributed by atoms with Gasteiger partial charge in [-0.25, -0.2) is 27.5 Å². The Morgan fingerprint density at radius 3 is 2.50 bits per heavy atom. The average molecular weight is 611 g/mol. The van der Waals surface area contributed by atoms with E-state index in [9.17, 15) is 14.4 Å². The van der Waals surface area contributed by atoms with Crippen LogP contribution in [0, 0.1) is 23.1 Å². The molecule has 1 saturated carbocycles. The SMILES string of the molecule is CC(F)C1CCCCCn2c(=O)c(C3(C#N)CC3)cc3c(ncnc32)N[C@H](C)c2cccc(c2F)C(F)(F)C2CCN1CC2. The van der Waals surface area contributed by atoms with Gasteiger partial charge in [0.25, 0.3) is 11.5 Å². The third-order valence-electron chi connectivity index (χ3n) is 9.99. The summed E-state index contributed by atoms with van der Waals surface area (Å²) in [5.74, 6) is -5.10. The summed E-state index contributed by atoms with van der Waals surface area (Å²) < 4.78 is 64.2. The normalized spacial score (nSPS) is 27.3. The molecule has 0 amide bonds. The first kappa shape index (κ1) is 30.5. The van der Waals surface area contributed by atoms with Crippen LogP contribution in [0.2, 0.25) is 0 Å². The highest BCUT2D eigenvalue weighted by Gasteiger charge is 2.48. The van der Waals surface area contributed by atoms with Crippen LogP contribution in [0.15, 0.2) is 35.4 Å². The molecular weight excluding hydrogens is 572 g/mol. The van der Waals surface area contributed by atoms with Crippen LogP contribution in [0.1, 0.15) is 87.9 Å². The Labute approximate surface area is 254 Å². The van der Waals surface area contributed by atoms with Crippen LogP contribution in [-0.4, -0.2) is 44.7 Å². The number of piperidine rings is 1. The molecule has 1 N–H and O–H groups in total. The number of anilines is 1. The zero-order valence-electron chi connectivity index (χ0n) is 25.1. The number of nitrogens with zero attached hydrogens (tertiary/aromatic N) is 5. The predicted octanol–water partition coefficient (Wildman–Crippen LogP) is 6.76. The Bertz CT molecular complexity index is 1640. The molecule has 2 aromatic heterocycles. The fourth-order valence-corrected chi connectivity index (χ4v) is 7.15. The third-order valence-corrected chi connectivity index (χ3v) is 9.99. The summed E-state index contributed by atoms with van der Waals surface area (Å²) in [5.41, 5.74) is -0.953. The van der Waals surface area contributed by atoms with Crippen molar-refractivity contribution in [1.82, 2.24) is 19.4 Å². The van der Waals surface area contributed by atoms with Gasteiger partial charge in [-0.1, -0.05) is 31.0 Å². The van der Waals surface area contributed by atoms with Gasteiger partial charge >= 0.3 is 0 Å². The molecule has 7 rings (SSSR count). The third kappa shape index (κ3) is 5.35. The lowest BCUT2D eigenvalue weighted by molar-refractivity contribution is -0.0933. The van der Waals surface area contributed by atoms with Gasteiger partial charge in [0, 0.05) is 29.6 Å². The molecule has 234 valence electrons. The highest BCUT2D eigenvalue weighted by atomic mass is 19.3. The number of aryl methyl sites for hydroxylation is 1. The van der Waals surface area contributed by atoms with Crippen molar-refractivity contribution in [3.05, 3.63) is 63.5 Å². The fourth-order valence-electron chi connectivity index (χ4n) is 7.15. The van der Waals surface area contributed by atoms with Crippen LogP contribution in [0.4, 0.5) is 23.4 Å². The summed E-state index contributed by atoms with van der Waals surface area (Å²) in [5, 5.41) is 13.6. The smallest absolute Gasteiger partial charge is 0.278 e. The van der Waals surface area contributed by atoms with Crippen molar-refractivity contribution in [3.8, 4) is 6.07 Å². The minimum atomic E-state index is -3.40. The maximum absolute atomic E-state index is 16.0. The summed E-state index contributed by atoms with van der Waals surface area (Å²) >= 11 is 0. The van der Waals surface area contributed by atoms with Crippen LogP contribution in [0.3, 0.4) is 0 Å². The Kier molecular flexibility index (Phi) is 8.16. The maximum atomic E-state index is 16.0. The van der Waals surface area contributed by atoms with Crippen LogP contribution in [0.25, 0.3) is 11.0 Å². The molecule has 44 heavy (non-hydrogen) atoms. The van der Waals surface area contributed by atoms with Crippen molar-refractivity contribution < 1.29 is 17.6 Å². The van der Waals surface area contributed by atoms with Gasteiger partial charge < -0.3 is 5.32 Å². The van der Waals surface area contributed by atoms with Crippen LogP contribution >= 0.6 is 0 Å². The van der Waals surface area contributed by atoms with E-state index in [-0.39, 0.29) is 24.0 Å². The number of fused-ring (bicyclic) bond motifs is 8. The van der Waals surface area contributed by atoms with E-state index in [2.05, 4.69) is 21.4 Å². The lowest BCUT2D eigenvalue weighted by atomic mass is 9.84. The molecule has 5 heterocycles. The topological polar surface area (TPSA) is 86.8 Å². The Hall–Kier alpha value is -3.52. The molecule has 2 unspecified atom stereocenters. The van der Waals surface area contributed by atoms with Crippen molar-refractivity contribution in [2.45, 2.75) is 101 Å². The summed E-state index contributed by atoms with van der Waals surface area (Å²) in [6.45, 7) is 4.20. The Morgan fingerprint density at radius 1 is 1.07 bits per heavy atom. The van der Waals surface area contributed by atoms with Crippen LogP contribution in [0.5, 0.6) is 0 Å². The molecule has 2 fully saturated rings. The van der Waals surface area contributed by atoms with E-state index in [0.717, 1.165) is 12.5 Å². The van der Waals surface area contributed by atoms with Crippen LogP contribution < -0.4 is 10.9 Å². The number of halogens is 4. The number of rotatable bonds is 2. The van der Waals surface area contributed by atoms with Crippen molar-refractivity contribution in [1.29, 1.82) is 5.26 Å². The van der Waals surface area contributed by atoms with Crippen molar-refractivity contribution in [2.24, 2.45) is 5.92 Å². The maximum Gasteiger partial charge on any atom is 0.278 e. The van der Waals surface area contributed by atoms with E-state index in [1.165, 1.54) is 25.4 Å². The summed E-state index contributed by atoms with van der Waals surface area (Å²) in [6, 6.07) is 6.90. The summed E-state index contributed by atoms with van der Waals surface area (Å²) in [7, 11) is 0. The van der Waals surface area contributed by atoms with Gasteiger partial charge in [-0.3, -0.25) is 14.3 Å². The molecule has 11 heteroatoms. The standard InChI is InChI=1S/C33H38F4N6O/c1-20(34)27-9-4-3-5-14-43-30-24(17-26(31(43)44)32(18-38)12-13-32)29(39-19-40-30)41-21(2)23-7-6-8-25(28(23)35)33(36,37)22-10-15-42(27)16-11-22/h6-8,17,19-22,27H,3-5,9-16H2,1-2H3,(H,39,40,41)/t20?,21-,27?/m1/s1. The molecule has 4 aliphatic rings. The quantitative estimate of drug-likeness (QED) is 0.323. The number of nitriles is 1. The number of aromatic nitrogens is 3. The first-order chi connectivity index (χ1) is 21.1. The number of hydrogen-bond acceptors (Lipinski definition) is 6. The van der Waals surface area contributed by atoms with Crippen molar-refractivity contribution >= 4 is 16.9 Å². The van der Waals surface area contributed by atoms with Gasteiger partial charge in [-0.2, -0.15) is 5.26 Å². The van der Waals surface area contributed by atoms with E-state index in [1.807, 2.05) is 4.90 Å². The first-order valence-electron chi connectivity index (χ1n) is 15.7. The van der Waals surface area contributed by atoms with E-state index in [1.54, 1.807) is 17.6 Å². The minimum absolute atomic E-state index is 0.0660. The first-order valence-corrected chi connectivity index (χ1v) is 15.7. The van der Waals surface area contributed by atoms with Crippen molar-refractivity contribution in [3.63, 3.8) is 0 Å². The molecule has 0 spiro atoms. The lowest BCUT2D eigenvalue weighted by Crippen LogP contribution is -2.47. The Balaban J connectivity index is 1.45. The Morgan fingerprint density at radius 2 is 1.82 bits per heavy atom. The number of hydrogen-bond donors (Lipinski definition) is 1. The monoisotopic (exact) mass is 610 g/mol. The van der Waals surface area contributed by atoms with E-state index < -0.39 is 46.9 Å². The van der Waals surface area contributed by atoms with E-state index in [4.69, 9.17) is 0 Å². The molecule has 1 aliphatic carbocycles. The summed E-state index contributed by atoms with van der Waals surface area (Å²) in [4.78, 5) is 24.5. The molecule has 3 aromatic rings. The zero-order chi connectivity index (χ0) is 31.2. The predicted molar refractivity (Wildman–Crippen MR) is 160 cm³/mol. The molecule has 3 aliphatic heterocycles. The van der Waals surface area contributed by atoms with E-state index >= 15 is 13.2 Å². The average Bonchev–Trinajstić information content (AvgIpc) is 3.80. The van der Waals surface area contributed by atoms with Gasteiger partial charge in [0.05, 0.1) is 28.5 Å². The van der Waals surface area contributed by atoms with Gasteiger partial charge in [0.1, 0.15) is 29.8 Å². The lowest BCUT2D eigenvalue weighted by Gasteiger charge is -2.40. The molecule has 8 bridgehead atoms. The second-order valence-electron chi connectivity index (χ2n) is 12.8. The van der Waals surface area contributed by atoms with Crippen molar-refractivity contribution in [2.75, 3.05) is 18.4 Å². The number of pyridine rings is 1. The van der Waals surface area contributed by atoms with Gasteiger partial charge in [0.15, 0.2) is 0 Å². The second kappa shape index (κ2) is 11.8. The molecule has 3 atom stereocenters. The number of alkyl halides is 3. The van der Waals surface area contributed by atoms with Crippen LogP contribution in [-0.2, 0) is 17.9 Å². The van der Waals surface area contributed by atoms with Gasteiger partial charge in [0.2, 0.25) is 0 Å². The van der Waals surface area contributed by atoms with E-state index in [0.29, 0.717) is 74.2 Å². The largest absolute Gasteiger partial charge is 0.363 e. The zero-order valence-corrected chi connectivity index (χ0v) is 25.1. The molecule has 1 aromatic carbocycles. The highest BCUT2D eigenvalue weighted by Crippen LogP contribution is 2.47.